The molecular weight excluding hydrogens is 1950 g/mol. The predicted octanol–water partition coefficient (Wildman–Crippen LogP) is 5.01. The summed E-state index contributed by atoms with van der Waals surface area (Å²) in [6, 6.07) is 0.123. The van der Waals surface area contributed by atoms with Gasteiger partial charge in [-0.05, 0) is 171 Å². The molecule has 9 rings (SSSR count). The van der Waals surface area contributed by atoms with Crippen molar-refractivity contribution in [3.63, 3.8) is 0 Å². The van der Waals surface area contributed by atoms with Gasteiger partial charge in [-0.3, -0.25) is 38.9 Å². The molecular formula is C91H130IN11O30S3. The van der Waals surface area contributed by atoms with Gasteiger partial charge in [0.05, 0.1) is 97.0 Å². The first-order valence-electron chi connectivity index (χ1n) is 45.0. The molecule has 2 aromatic carbocycles. The number of benzene rings is 2. The number of nitrogens with one attached hydrogen (secondary N) is 7. The Labute approximate surface area is 817 Å². The molecule has 2 aromatic rings. The van der Waals surface area contributed by atoms with Crippen LogP contribution < -0.4 is 63.1 Å². The molecule has 136 heavy (non-hydrogen) atoms. The van der Waals surface area contributed by atoms with Gasteiger partial charge in [0.25, 0.3) is 0 Å². The number of nitrogens with two attached hydrogens (primary N) is 2. The fraction of sp³-hybridized carbons (Fsp3) is 0.648. The second-order valence-electron chi connectivity index (χ2n) is 34.8. The highest BCUT2D eigenvalue weighted by molar-refractivity contribution is 14.1. The Bertz CT molecular complexity index is 4700. The van der Waals surface area contributed by atoms with Crippen LogP contribution in [0.2, 0.25) is 0 Å². The standard InChI is InChI=1S/C91H130IN11O30S3/c1-17-103(89(117)125-44-52-28-30-53(31-29-52)97-80(110)57(26-24-37-95-86(94)114)98-82(112)68(46(2)3)99-81(111)56(96-51(8)104)25-21-23-36-93)58-45-124-63(42-62(58)119-12)130-77-72(108)69(101-133-64-41-59(105)79(50(7)126-64)135-83(113)65-47(4)67(92)75(78(122-15)74(65)120-13)131-84-73(109)76(121-14)71(107)49(6)128-84)48(5)127-85(77)129-61-27-20-18-19-22-35-91(118)43-60(106)70(100-87(115)123-16)66(61)55(91)34-40-134-136-54-32-38-102(39-33-54)88(116)132-90(9,10)11/h18-19,28-31,34,46,48-50,54,56-59,61-64,68-69,71-73,76-77,79,84-85,101,105,107-109,118H,17,21,23-26,32-33,36-45,93H2,1-16H3,(H,96,104)(H,97,110)(H,98,112)(H,99,111)(H,100,115)(H3,94,95,114)/b19-18?,55-34+/t48-,49+,50-,56+,57+,58+,59+,61+,62+,63+,64+,68+,69-,71+,72+,73-,76-,77-,79-,84+,85+,91+/m1/s1. The lowest BCUT2D eigenvalue weighted by Gasteiger charge is -2.47. The fourth-order valence-corrected chi connectivity index (χ4v) is 20.6. The van der Waals surface area contributed by atoms with Crippen molar-refractivity contribution in [3.05, 3.63) is 79.6 Å². The molecule has 22 atom stereocenters. The number of likely N-dealkylation sites (tertiary alicyclic amines) is 1. The van der Waals surface area contributed by atoms with Gasteiger partial charge < -0.3 is 140 Å². The molecule has 0 unspecified atom stereocenters. The smallest absolute Gasteiger partial charge is 0.411 e. The van der Waals surface area contributed by atoms with Crippen molar-refractivity contribution in [1.29, 1.82) is 0 Å². The van der Waals surface area contributed by atoms with Crippen LogP contribution in [0.15, 0.2) is 59.3 Å². The van der Waals surface area contributed by atoms with E-state index in [4.69, 9.17) is 82.6 Å². The van der Waals surface area contributed by atoms with Gasteiger partial charge in [0.2, 0.25) is 40.8 Å². The van der Waals surface area contributed by atoms with Crippen LogP contribution in [0.1, 0.15) is 155 Å². The summed E-state index contributed by atoms with van der Waals surface area (Å²) in [5.74, 6) is 8.13. The lowest BCUT2D eigenvalue weighted by atomic mass is 9.75. The Kier molecular flexibility index (Phi) is 42.7. The van der Waals surface area contributed by atoms with Crippen molar-refractivity contribution in [2.45, 2.75) is 291 Å². The quantitative estimate of drug-likeness (QED) is 0.0104. The number of aliphatic hydroxyl groups is 5. The molecule has 5 saturated heterocycles. The Morgan fingerprint density at radius 3 is 2.10 bits per heavy atom. The van der Waals surface area contributed by atoms with E-state index >= 15 is 0 Å². The van der Waals surface area contributed by atoms with Gasteiger partial charge in [-0.15, -0.1) is 0 Å². The number of hydroxylamine groups is 1. The Morgan fingerprint density at radius 1 is 0.787 bits per heavy atom. The number of carbonyl (C=O) groups excluding carboxylic acids is 10. The van der Waals surface area contributed by atoms with Crippen LogP contribution in [0, 0.1) is 40.1 Å². The van der Waals surface area contributed by atoms with Crippen molar-refractivity contribution in [2.24, 2.45) is 17.4 Å². The third-order valence-corrected chi connectivity index (χ3v) is 29.0. The highest BCUT2D eigenvalue weighted by Crippen LogP contribution is 2.50. The highest BCUT2D eigenvalue weighted by atomic mass is 127. The molecule has 0 radical (unpaired) electrons. The number of nitrogens with zero attached hydrogens (tertiary/aromatic N) is 2. The van der Waals surface area contributed by atoms with Gasteiger partial charge in [-0.1, -0.05) is 89.1 Å². The fourth-order valence-electron chi connectivity index (χ4n) is 16.3. The van der Waals surface area contributed by atoms with Gasteiger partial charge in [0, 0.05) is 88.0 Å². The molecule has 45 heteroatoms. The number of urea groups is 1. The number of Topliss-reactive ketones (excluding diaryl/α,β-unsaturated/α-hetero) is 1. The number of fused-ring (bicyclic) bond motifs is 2. The molecule has 5 heterocycles. The second kappa shape index (κ2) is 52.2. The lowest BCUT2D eigenvalue weighted by Crippen LogP contribution is -2.65. The van der Waals surface area contributed by atoms with Crippen molar-refractivity contribution >= 4 is 120 Å². The maximum atomic E-state index is 14.7. The Morgan fingerprint density at radius 2 is 1.47 bits per heavy atom. The summed E-state index contributed by atoms with van der Waals surface area (Å²) >= 11 is 2.75. The zero-order valence-electron chi connectivity index (χ0n) is 79.1. The molecule has 9 amide bonds. The number of hydrogen-bond acceptors (Lipinski definition) is 35. The maximum absolute atomic E-state index is 14.7. The Balaban J connectivity index is 0.936. The van der Waals surface area contributed by atoms with E-state index in [1.165, 1.54) is 63.2 Å². The monoisotopic (exact) mass is 2080 g/mol. The first-order valence-corrected chi connectivity index (χ1v) is 49.3. The molecule has 0 aromatic heterocycles. The van der Waals surface area contributed by atoms with Gasteiger partial charge in [-0.2, -0.15) is 5.48 Å². The molecule has 2 aliphatic carbocycles. The average Bonchev–Trinajstić information content (AvgIpc) is 0.746. The number of thioether (sulfide) groups is 1. The number of piperidine rings is 1. The molecule has 2 bridgehead atoms. The van der Waals surface area contributed by atoms with Crippen LogP contribution >= 0.6 is 55.9 Å². The topological polar surface area (TPSA) is 553 Å². The van der Waals surface area contributed by atoms with E-state index in [9.17, 15) is 73.5 Å². The number of unbranched alkanes of at least 4 members (excludes halogenated alkanes) is 1. The number of primary amides is 1. The Hall–Kier alpha value is -8.38. The number of aliphatic hydroxyl groups excluding tert-OH is 4. The van der Waals surface area contributed by atoms with Crippen LogP contribution in [0.3, 0.4) is 0 Å². The summed E-state index contributed by atoms with van der Waals surface area (Å²) in [5, 5.41) is 74.3. The summed E-state index contributed by atoms with van der Waals surface area (Å²) in [7, 11) is 9.51. The van der Waals surface area contributed by atoms with Crippen LogP contribution in [-0.4, -0.2) is 319 Å². The number of halogens is 1. The molecule has 0 spiro atoms. The second-order valence-corrected chi connectivity index (χ2v) is 39.7. The van der Waals surface area contributed by atoms with Gasteiger partial charge in [-0.25, -0.2) is 19.2 Å². The van der Waals surface area contributed by atoms with E-state index in [-0.39, 0.29) is 115 Å². The van der Waals surface area contributed by atoms with Gasteiger partial charge in [0.1, 0.15) is 67.0 Å². The number of likely N-dealkylation sites (N-methyl/N-ethyl adjacent to an activating group) is 1. The molecule has 754 valence electrons. The number of rotatable bonds is 40. The largest absolute Gasteiger partial charge is 0.492 e. The number of carbonyl (C=O) groups is 10. The first kappa shape index (κ1) is 111. The summed E-state index contributed by atoms with van der Waals surface area (Å²) in [6.45, 7) is 19.2. The van der Waals surface area contributed by atoms with Crippen LogP contribution in [0.5, 0.6) is 17.2 Å². The number of methoxy groups -OCH3 is 5. The zero-order valence-corrected chi connectivity index (χ0v) is 83.7. The number of amides is 9. The normalized spacial score (nSPS) is 27.8. The minimum atomic E-state index is -2.23. The van der Waals surface area contributed by atoms with Crippen molar-refractivity contribution < 1.29 is 145 Å². The van der Waals surface area contributed by atoms with Crippen LogP contribution in [0.4, 0.5) is 24.9 Å². The zero-order chi connectivity index (χ0) is 99.7. The number of allylic oxidation sites excluding steroid dienone is 3. The lowest BCUT2D eigenvalue weighted by molar-refractivity contribution is -0.337. The number of alkyl carbamates (subject to hydrolysis) is 1. The molecule has 5 aliphatic heterocycles. The van der Waals surface area contributed by atoms with E-state index in [2.05, 4.69) is 61.1 Å². The number of ether oxygens (including phenoxy) is 14. The van der Waals surface area contributed by atoms with Gasteiger partial charge in [0.15, 0.2) is 41.8 Å². The minimum Gasteiger partial charge on any atom is -0.492 e. The maximum Gasteiger partial charge on any atom is 0.411 e. The third kappa shape index (κ3) is 29.9. The SMILES string of the molecule is CCN(C(=O)OCc1ccc(NC(=O)[C@H](CCCNC(N)=O)NC(=O)[C@@H](NC(=O)[C@H](CCCCN)NC(C)=O)C(C)C)cc1)[C@H]1CO[C@@H](O[C@H]2[C@H](O[C@H]3C#CC=CC#C[C@]4(O)CC(=O)C(NC(=O)OC)=C3/C4=C\CSSC3CCN(C(=O)OC(C)(C)C)CC3)O[C@H](C)[C@@H](NO[C@H]3C[C@H](O)[C@H](SC(=O)c4c(C)c(I)c(O[C@@H]5O[C@@H](C)[C@H](O)[C@@H](OC)[C@H]5O)c(OC)c4OC)[C@@H](C)O3)[C@@H]2O)C[C@@H]1OC. The highest BCUT2D eigenvalue weighted by Gasteiger charge is 2.53. The number of ketones is 1. The van der Waals surface area contributed by atoms with Crippen molar-refractivity contribution in [2.75, 3.05) is 85.9 Å². The summed E-state index contributed by atoms with van der Waals surface area (Å²) < 4.78 is 85.6. The third-order valence-electron chi connectivity index (χ3n) is 23.5. The molecule has 7 aliphatic rings. The average molecular weight is 2080 g/mol. The minimum absolute atomic E-state index is 0.0161. The van der Waals surface area contributed by atoms with Crippen molar-refractivity contribution in [1.82, 2.24) is 41.9 Å². The van der Waals surface area contributed by atoms with E-state index in [1.807, 2.05) is 22.6 Å². The molecule has 41 nitrogen and oxygen atoms in total. The molecule has 5 fully saturated rings. The summed E-state index contributed by atoms with van der Waals surface area (Å²) in [6.07, 6.45) is -15.4. The number of anilines is 1. The van der Waals surface area contributed by atoms with E-state index < -0.39 is 210 Å². The first-order chi connectivity index (χ1) is 64.6. The van der Waals surface area contributed by atoms with Crippen LogP contribution in [-0.2, 0) is 87.5 Å². The van der Waals surface area contributed by atoms with E-state index in [0.29, 0.717) is 60.0 Å². The van der Waals surface area contributed by atoms with Crippen LogP contribution in [0.25, 0.3) is 0 Å². The predicted molar refractivity (Wildman–Crippen MR) is 507 cm³/mol. The summed E-state index contributed by atoms with van der Waals surface area (Å²) in [5.41, 5.74) is 11.7. The van der Waals surface area contributed by atoms with Gasteiger partial charge >= 0.3 is 24.3 Å². The van der Waals surface area contributed by atoms with Crippen molar-refractivity contribution in [3.8, 4) is 40.9 Å². The summed E-state index contributed by atoms with van der Waals surface area (Å²) in [4.78, 5) is 145. The number of hydrogen-bond donors (Lipinski definition) is 14. The molecule has 0 saturated carbocycles. The molecule has 16 N–H and O–H groups in total. The van der Waals surface area contributed by atoms with E-state index in [1.54, 1.807) is 115 Å². The van der Waals surface area contributed by atoms with E-state index in [0.717, 1.165) is 18.9 Å².